The molecule has 4 rings (SSSR count). The van der Waals surface area contributed by atoms with Crippen LogP contribution in [0.5, 0.6) is 0 Å². The Hall–Kier alpha value is -2.97. The molecule has 0 aliphatic carbocycles. The molecule has 1 N–H and O–H groups in total. The molecule has 150 valence electrons. The topological polar surface area (TPSA) is 92.5 Å². The SMILES string of the molecule is O=C(O)[C@@H]1Cc2c(ncn2Cc2ccccc2)CN1S(=O)(=O)Cc1ccccc1. The summed E-state index contributed by atoms with van der Waals surface area (Å²) in [6.07, 6.45) is 1.75. The number of hydrogen-bond acceptors (Lipinski definition) is 4. The van der Waals surface area contributed by atoms with Crippen molar-refractivity contribution < 1.29 is 18.3 Å². The van der Waals surface area contributed by atoms with Crippen LogP contribution >= 0.6 is 0 Å². The van der Waals surface area contributed by atoms with E-state index < -0.39 is 22.0 Å². The van der Waals surface area contributed by atoms with E-state index in [9.17, 15) is 18.3 Å². The first kappa shape index (κ1) is 19.4. The summed E-state index contributed by atoms with van der Waals surface area (Å²) in [5, 5.41) is 9.75. The van der Waals surface area contributed by atoms with Gasteiger partial charge in [-0.3, -0.25) is 4.79 Å². The summed E-state index contributed by atoms with van der Waals surface area (Å²) in [5.74, 6) is -1.39. The van der Waals surface area contributed by atoms with E-state index in [1.165, 1.54) is 0 Å². The Bertz CT molecular complexity index is 1110. The van der Waals surface area contributed by atoms with Gasteiger partial charge in [0.15, 0.2) is 0 Å². The number of benzene rings is 2. The van der Waals surface area contributed by atoms with Crippen molar-refractivity contribution in [3.63, 3.8) is 0 Å². The van der Waals surface area contributed by atoms with Crippen molar-refractivity contribution in [1.82, 2.24) is 13.9 Å². The highest BCUT2D eigenvalue weighted by atomic mass is 32.2. The highest BCUT2D eigenvalue weighted by Gasteiger charge is 2.40. The monoisotopic (exact) mass is 411 g/mol. The minimum absolute atomic E-state index is 0.0384. The average molecular weight is 411 g/mol. The molecule has 1 aliphatic heterocycles. The molecule has 1 aromatic heterocycles. The van der Waals surface area contributed by atoms with Gasteiger partial charge in [0.25, 0.3) is 0 Å². The van der Waals surface area contributed by atoms with Gasteiger partial charge < -0.3 is 9.67 Å². The molecule has 1 atom stereocenters. The van der Waals surface area contributed by atoms with Gasteiger partial charge in [-0.2, -0.15) is 4.31 Å². The Morgan fingerprint density at radius 3 is 2.28 bits per heavy atom. The first-order chi connectivity index (χ1) is 13.9. The fourth-order valence-electron chi connectivity index (χ4n) is 3.65. The van der Waals surface area contributed by atoms with Crippen LogP contribution in [0.25, 0.3) is 0 Å². The van der Waals surface area contributed by atoms with Crippen LogP contribution in [0.2, 0.25) is 0 Å². The highest BCUT2D eigenvalue weighted by molar-refractivity contribution is 7.88. The number of imidazole rings is 1. The summed E-state index contributed by atoms with van der Waals surface area (Å²) in [6.45, 7) is 0.523. The van der Waals surface area contributed by atoms with Crippen LogP contribution in [0.1, 0.15) is 22.5 Å². The maximum absolute atomic E-state index is 13.0. The van der Waals surface area contributed by atoms with Gasteiger partial charge >= 0.3 is 5.97 Å². The third kappa shape index (κ3) is 4.08. The normalized spacial score (nSPS) is 17.0. The predicted octanol–water partition coefficient (Wildman–Crippen LogP) is 2.27. The summed E-state index contributed by atoms with van der Waals surface area (Å²) in [4.78, 5) is 16.3. The van der Waals surface area contributed by atoms with Crippen LogP contribution in [-0.2, 0) is 40.1 Å². The number of fused-ring (bicyclic) bond motifs is 1. The maximum atomic E-state index is 13.0. The Kier molecular flexibility index (Phi) is 5.21. The number of rotatable bonds is 6. The van der Waals surface area contributed by atoms with Gasteiger partial charge in [-0.1, -0.05) is 60.7 Å². The molecule has 0 unspecified atom stereocenters. The second-order valence-electron chi connectivity index (χ2n) is 7.10. The van der Waals surface area contributed by atoms with Crippen LogP contribution in [0, 0.1) is 0 Å². The third-order valence-corrected chi connectivity index (χ3v) is 6.90. The quantitative estimate of drug-likeness (QED) is 0.672. The van der Waals surface area contributed by atoms with Crippen LogP contribution in [0.15, 0.2) is 67.0 Å². The van der Waals surface area contributed by atoms with Gasteiger partial charge in [0.05, 0.1) is 24.3 Å². The van der Waals surface area contributed by atoms with E-state index in [4.69, 9.17) is 0 Å². The summed E-state index contributed by atoms with van der Waals surface area (Å²) in [5.41, 5.74) is 3.07. The van der Waals surface area contributed by atoms with Crippen LogP contribution < -0.4 is 0 Å². The van der Waals surface area contributed by atoms with Crippen molar-refractivity contribution in [1.29, 1.82) is 0 Å². The number of sulfonamides is 1. The lowest BCUT2D eigenvalue weighted by molar-refractivity contribution is -0.141. The van der Waals surface area contributed by atoms with Crippen molar-refractivity contribution >= 4 is 16.0 Å². The van der Waals surface area contributed by atoms with Gasteiger partial charge in [0.2, 0.25) is 10.0 Å². The molecule has 7 nitrogen and oxygen atoms in total. The summed E-state index contributed by atoms with van der Waals surface area (Å²) < 4.78 is 29.0. The molecule has 0 fully saturated rings. The lowest BCUT2D eigenvalue weighted by atomic mass is 10.0. The van der Waals surface area contributed by atoms with Crippen LogP contribution in [-0.4, -0.2) is 39.4 Å². The molecule has 0 spiro atoms. The highest BCUT2D eigenvalue weighted by Crippen LogP contribution is 2.27. The number of carboxylic acids is 1. The molecule has 0 saturated heterocycles. The first-order valence-electron chi connectivity index (χ1n) is 9.27. The lowest BCUT2D eigenvalue weighted by Gasteiger charge is -2.32. The smallest absolute Gasteiger partial charge is 0.322 e. The molecule has 0 bridgehead atoms. The zero-order valence-electron chi connectivity index (χ0n) is 15.7. The van der Waals surface area contributed by atoms with Crippen molar-refractivity contribution in [2.45, 2.75) is 31.3 Å². The molecule has 2 aromatic carbocycles. The van der Waals surface area contributed by atoms with E-state index in [-0.39, 0.29) is 18.7 Å². The first-order valence-corrected chi connectivity index (χ1v) is 10.9. The number of hydrogen-bond donors (Lipinski definition) is 1. The van der Waals surface area contributed by atoms with E-state index in [0.29, 0.717) is 17.8 Å². The van der Waals surface area contributed by atoms with Gasteiger partial charge in [-0.25, -0.2) is 13.4 Å². The Labute approximate surface area is 169 Å². The van der Waals surface area contributed by atoms with Crippen molar-refractivity contribution in [2.24, 2.45) is 0 Å². The van der Waals surface area contributed by atoms with Crippen LogP contribution in [0.3, 0.4) is 0 Å². The van der Waals surface area contributed by atoms with Gasteiger partial charge in [0, 0.05) is 18.7 Å². The average Bonchev–Trinajstić information content (AvgIpc) is 3.10. The standard InChI is InChI=1S/C21H21N3O4S/c25-21(26)20-11-19-18(22-15-23(19)12-16-7-3-1-4-8-16)13-24(20)29(27,28)14-17-9-5-2-6-10-17/h1-10,15,20H,11-14H2,(H,25,26)/t20-/m0/s1. The lowest BCUT2D eigenvalue weighted by Crippen LogP contribution is -2.49. The van der Waals surface area contributed by atoms with E-state index in [1.807, 2.05) is 41.0 Å². The van der Waals surface area contributed by atoms with E-state index in [0.717, 1.165) is 15.6 Å². The van der Waals surface area contributed by atoms with Gasteiger partial charge in [-0.05, 0) is 11.1 Å². The van der Waals surface area contributed by atoms with E-state index in [2.05, 4.69) is 4.98 Å². The summed E-state index contributed by atoms with van der Waals surface area (Å²) >= 11 is 0. The molecule has 0 amide bonds. The second-order valence-corrected chi connectivity index (χ2v) is 9.02. The summed E-state index contributed by atoms with van der Waals surface area (Å²) in [7, 11) is -3.82. The Morgan fingerprint density at radius 2 is 1.66 bits per heavy atom. The van der Waals surface area contributed by atoms with E-state index in [1.54, 1.807) is 30.6 Å². The van der Waals surface area contributed by atoms with Gasteiger partial charge in [0.1, 0.15) is 6.04 Å². The predicted molar refractivity (Wildman–Crippen MR) is 108 cm³/mol. The molecule has 0 saturated carbocycles. The third-order valence-electron chi connectivity index (χ3n) is 5.10. The molecular weight excluding hydrogens is 390 g/mol. The zero-order valence-corrected chi connectivity index (χ0v) is 16.5. The number of carbonyl (C=O) groups is 1. The molecule has 0 radical (unpaired) electrons. The largest absolute Gasteiger partial charge is 0.480 e. The molecule has 29 heavy (non-hydrogen) atoms. The minimum Gasteiger partial charge on any atom is -0.480 e. The Balaban J connectivity index is 1.63. The molecule has 8 heteroatoms. The van der Waals surface area contributed by atoms with Gasteiger partial charge in [-0.15, -0.1) is 0 Å². The Morgan fingerprint density at radius 1 is 1.03 bits per heavy atom. The number of nitrogens with zero attached hydrogens (tertiary/aromatic N) is 3. The fourth-order valence-corrected chi connectivity index (χ4v) is 5.30. The van der Waals surface area contributed by atoms with E-state index >= 15 is 0 Å². The number of aromatic nitrogens is 2. The summed E-state index contributed by atoms with van der Waals surface area (Å²) in [6, 6.07) is 17.4. The molecule has 2 heterocycles. The number of carboxylic acid groups (broad SMARTS) is 1. The zero-order chi connectivity index (χ0) is 20.4. The number of aliphatic carboxylic acids is 1. The second kappa shape index (κ2) is 7.81. The molecular formula is C21H21N3O4S. The fraction of sp³-hybridized carbons (Fsp3) is 0.238. The van der Waals surface area contributed by atoms with Crippen molar-refractivity contribution in [2.75, 3.05) is 0 Å². The minimum atomic E-state index is -3.82. The molecule has 3 aromatic rings. The van der Waals surface area contributed by atoms with Crippen molar-refractivity contribution in [3.8, 4) is 0 Å². The molecule has 1 aliphatic rings. The maximum Gasteiger partial charge on any atom is 0.322 e. The van der Waals surface area contributed by atoms with Crippen LogP contribution in [0.4, 0.5) is 0 Å². The van der Waals surface area contributed by atoms with Crippen molar-refractivity contribution in [3.05, 3.63) is 89.5 Å².